The topological polar surface area (TPSA) is 26.0 Å². The second-order valence-electron chi connectivity index (χ2n) is 6.06. The Morgan fingerprint density at radius 3 is 2.50 bits per heavy atom. The first-order chi connectivity index (χ1) is 11.9. The van der Waals surface area contributed by atoms with Crippen LogP contribution in [0.15, 0.2) is 71.3 Å². The second kappa shape index (κ2) is 4.47. The van der Waals surface area contributed by atoms with Gasteiger partial charge in [-0.1, -0.05) is 0 Å². The van der Waals surface area contributed by atoms with E-state index in [1.54, 1.807) is 0 Å². The van der Waals surface area contributed by atoms with Crippen molar-refractivity contribution in [1.82, 2.24) is 4.98 Å². The zero-order valence-electron chi connectivity index (χ0n) is 12.6. The molecule has 0 saturated heterocycles. The van der Waals surface area contributed by atoms with Crippen molar-refractivity contribution in [3.63, 3.8) is 0 Å². The fraction of sp³-hybridized carbons (Fsp3) is 0. The summed E-state index contributed by atoms with van der Waals surface area (Å²) < 4.78 is 8.85. The van der Waals surface area contributed by atoms with Crippen molar-refractivity contribution in [3.05, 3.63) is 66.9 Å². The quantitative estimate of drug-likeness (QED) is 0.329. The van der Waals surface area contributed by atoms with Gasteiger partial charge in [0.1, 0.15) is 0 Å². The van der Waals surface area contributed by atoms with Gasteiger partial charge in [0.25, 0.3) is 0 Å². The summed E-state index contributed by atoms with van der Waals surface area (Å²) in [5.74, 6) is 0. The van der Waals surface area contributed by atoms with Crippen LogP contribution in [0, 0.1) is 0 Å². The number of benzene rings is 3. The van der Waals surface area contributed by atoms with E-state index in [0.717, 1.165) is 16.7 Å². The molecule has 6 aromatic rings. The Labute approximate surface area is 143 Å². The SMILES string of the molecule is c1ccc2cc3c(cc2c1)[se]c1cccc2oc4ccnc3c4c21. The molecule has 0 spiro atoms. The number of aromatic nitrogens is 1. The van der Waals surface area contributed by atoms with Crippen LogP contribution in [0.25, 0.3) is 52.1 Å². The number of furan rings is 1. The van der Waals surface area contributed by atoms with E-state index >= 15 is 0 Å². The molecular weight excluding hydrogens is 361 g/mol. The Bertz CT molecular complexity index is 1410. The minimum atomic E-state index is 0.233. The van der Waals surface area contributed by atoms with Gasteiger partial charge in [-0.15, -0.1) is 0 Å². The van der Waals surface area contributed by atoms with E-state index < -0.39 is 0 Å². The van der Waals surface area contributed by atoms with Gasteiger partial charge < -0.3 is 0 Å². The van der Waals surface area contributed by atoms with E-state index in [1.165, 1.54) is 35.5 Å². The van der Waals surface area contributed by atoms with Crippen LogP contribution in [0.3, 0.4) is 0 Å². The molecule has 0 unspecified atom stereocenters. The zero-order valence-corrected chi connectivity index (χ0v) is 14.3. The summed E-state index contributed by atoms with van der Waals surface area (Å²) in [6.07, 6.45) is 1.86. The van der Waals surface area contributed by atoms with E-state index in [-0.39, 0.29) is 14.5 Å². The predicted molar refractivity (Wildman–Crippen MR) is 101 cm³/mol. The van der Waals surface area contributed by atoms with Gasteiger partial charge in [0.15, 0.2) is 0 Å². The van der Waals surface area contributed by atoms with Gasteiger partial charge in [-0.2, -0.15) is 0 Å². The summed E-state index contributed by atoms with van der Waals surface area (Å²) in [7, 11) is 0. The summed E-state index contributed by atoms with van der Waals surface area (Å²) >= 11 is 0.233. The maximum atomic E-state index is 6.08. The van der Waals surface area contributed by atoms with Crippen LogP contribution in [0.2, 0.25) is 0 Å². The van der Waals surface area contributed by atoms with Crippen molar-refractivity contribution in [3.8, 4) is 0 Å². The van der Waals surface area contributed by atoms with Gasteiger partial charge in [-0.3, -0.25) is 0 Å². The Kier molecular flexibility index (Phi) is 2.38. The van der Waals surface area contributed by atoms with E-state index in [1.807, 2.05) is 12.3 Å². The number of hydrogen-bond acceptors (Lipinski definition) is 2. The number of hydrogen-bond donors (Lipinski definition) is 0. The van der Waals surface area contributed by atoms with E-state index in [9.17, 15) is 0 Å². The Hall–Kier alpha value is -2.61. The van der Waals surface area contributed by atoms with Crippen molar-refractivity contribution >= 4 is 66.6 Å². The standard InChI is InChI=1S/C21H11NOSe/c1-2-5-13-11-18-14(10-12(13)4-1)21-20-16(8-9-22-21)23-15-6-3-7-17(24-18)19(15)20/h1-11H. The molecule has 24 heavy (non-hydrogen) atoms. The number of fused-ring (bicyclic) bond motifs is 3. The number of rotatable bonds is 0. The van der Waals surface area contributed by atoms with Crippen molar-refractivity contribution in [2.75, 3.05) is 0 Å². The first-order valence-corrected chi connectivity index (χ1v) is 9.61. The molecule has 0 aliphatic carbocycles. The fourth-order valence-electron chi connectivity index (χ4n) is 3.63. The van der Waals surface area contributed by atoms with Gasteiger partial charge in [0, 0.05) is 0 Å². The Balaban J connectivity index is 2.04. The predicted octanol–water partition coefficient (Wildman–Crippen LogP) is 5.50. The summed E-state index contributed by atoms with van der Waals surface area (Å²) in [5.41, 5.74) is 2.95. The molecule has 0 atom stereocenters. The van der Waals surface area contributed by atoms with Gasteiger partial charge >= 0.3 is 143 Å². The van der Waals surface area contributed by atoms with Crippen LogP contribution in [-0.4, -0.2) is 19.5 Å². The molecule has 0 N–H and O–H groups in total. The van der Waals surface area contributed by atoms with Crippen molar-refractivity contribution < 1.29 is 4.42 Å². The van der Waals surface area contributed by atoms with Crippen LogP contribution in [0.4, 0.5) is 0 Å². The summed E-state index contributed by atoms with van der Waals surface area (Å²) in [5, 5.41) is 6.22. The Morgan fingerprint density at radius 2 is 1.58 bits per heavy atom. The third-order valence-electron chi connectivity index (χ3n) is 4.69. The van der Waals surface area contributed by atoms with Crippen LogP contribution in [0.1, 0.15) is 0 Å². The first-order valence-electron chi connectivity index (χ1n) is 7.90. The number of nitrogens with zero attached hydrogens (tertiary/aromatic N) is 1. The zero-order chi connectivity index (χ0) is 15.7. The van der Waals surface area contributed by atoms with Crippen molar-refractivity contribution in [2.24, 2.45) is 0 Å². The second-order valence-corrected chi connectivity index (χ2v) is 8.34. The molecule has 0 fully saturated rings. The number of pyridine rings is 1. The van der Waals surface area contributed by atoms with Crippen LogP contribution in [0.5, 0.6) is 0 Å². The molecular formula is C21H11NOSe. The molecule has 0 aliphatic rings. The molecule has 6 rings (SSSR count). The normalized spacial score (nSPS) is 12.2. The maximum absolute atomic E-state index is 6.08. The van der Waals surface area contributed by atoms with Crippen molar-refractivity contribution in [2.45, 2.75) is 0 Å². The third kappa shape index (κ3) is 1.58. The van der Waals surface area contributed by atoms with Crippen molar-refractivity contribution in [1.29, 1.82) is 0 Å². The molecule has 3 heterocycles. The minimum absolute atomic E-state index is 0.233. The van der Waals surface area contributed by atoms with Gasteiger partial charge in [0.2, 0.25) is 0 Å². The molecule has 112 valence electrons. The molecule has 0 radical (unpaired) electrons. The molecule has 2 nitrogen and oxygen atoms in total. The summed E-state index contributed by atoms with van der Waals surface area (Å²) in [6.45, 7) is 0. The molecule has 0 aliphatic heterocycles. The van der Waals surface area contributed by atoms with Gasteiger partial charge in [-0.25, -0.2) is 0 Å². The summed E-state index contributed by atoms with van der Waals surface area (Å²) in [4.78, 5) is 4.75. The molecule has 0 saturated carbocycles. The molecule has 0 amide bonds. The monoisotopic (exact) mass is 373 g/mol. The van der Waals surface area contributed by atoms with Crippen LogP contribution in [-0.2, 0) is 0 Å². The summed E-state index contributed by atoms with van der Waals surface area (Å²) in [6, 6.07) is 21.6. The molecule has 0 bridgehead atoms. The van der Waals surface area contributed by atoms with Crippen LogP contribution >= 0.6 is 0 Å². The van der Waals surface area contributed by atoms with E-state index in [4.69, 9.17) is 9.40 Å². The van der Waals surface area contributed by atoms with E-state index in [2.05, 4.69) is 54.6 Å². The average Bonchev–Trinajstić information content (AvgIpc) is 2.94. The average molecular weight is 372 g/mol. The molecule has 3 aromatic heterocycles. The van der Waals surface area contributed by atoms with E-state index in [0.29, 0.717) is 0 Å². The van der Waals surface area contributed by atoms with Gasteiger partial charge in [0.05, 0.1) is 0 Å². The molecule has 3 heteroatoms. The Morgan fingerprint density at radius 1 is 0.750 bits per heavy atom. The first kappa shape index (κ1) is 12.8. The fourth-order valence-corrected chi connectivity index (χ4v) is 6.02. The molecule has 3 aromatic carbocycles. The van der Waals surface area contributed by atoms with Crippen LogP contribution < -0.4 is 0 Å². The third-order valence-corrected chi connectivity index (χ3v) is 7.04. The van der Waals surface area contributed by atoms with Gasteiger partial charge in [-0.05, 0) is 0 Å².